The van der Waals surface area contributed by atoms with Gasteiger partial charge in [0.25, 0.3) is 5.91 Å². The average Bonchev–Trinajstić information content (AvgIpc) is 2.29. The van der Waals surface area contributed by atoms with Crippen LogP contribution in [-0.4, -0.2) is 23.5 Å². The van der Waals surface area contributed by atoms with Gasteiger partial charge in [0.2, 0.25) is 0 Å². The lowest BCUT2D eigenvalue weighted by molar-refractivity contribution is -0.156. The third-order valence-corrected chi connectivity index (χ3v) is 2.52. The van der Waals surface area contributed by atoms with Gasteiger partial charge in [-0.05, 0) is 45.9 Å². The highest BCUT2D eigenvalue weighted by atomic mass is 35.5. The summed E-state index contributed by atoms with van der Waals surface area (Å²) in [5.41, 5.74) is -0.870. The summed E-state index contributed by atoms with van der Waals surface area (Å²) in [7, 11) is 0. The number of amides is 1. The number of esters is 1. The Morgan fingerprint density at radius 1 is 1.35 bits per heavy atom. The lowest BCUT2D eigenvalue weighted by Crippen LogP contribution is -2.42. The number of hydrogen-bond acceptors (Lipinski definition) is 3. The molecule has 6 heteroatoms. The molecule has 1 rings (SSSR count). The molecule has 0 aliphatic rings. The Morgan fingerprint density at radius 3 is 2.50 bits per heavy atom. The van der Waals surface area contributed by atoms with E-state index in [2.05, 4.69) is 5.32 Å². The molecule has 1 amide bonds. The number of hydrogen-bond donors (Lipinski definition) is 1. The van der Waals surface area contributed by atoms with Gasteiger partial charge in [-0.25, -0.2) is 9.18 Å². The third-order valence-electron chi connectivity index (χ3n) is 2.28. The van der Waals surface area contributed by atoms with Crippen LogP contribution in [0.25, 0.3) is 0 Å². The summed E-state index contributed by atoms with van der Waals surface area (Å²) < 4.78 is 18.6. The smallest absolute Gasteiger partial charge is 0.328 e. The van der Waals surface area contributed by atoms with Crippen LogP contribution in [0.1, 0.15) is 38.1 Å². The second-order valence-electron chi connectivity index (χ2n) is 5.35. The van der Waals surface area contributed by atoms with E-state index in [9.17, 15) is 14.0 Å². The summed E-state index contributed by atoms with van der Waals surface area (Å²) in [5.74, 6) is -2.01. The van der Waals surface area contributed by atoms with Crippen LogP contribution < -0.4 is 5.32 Å². The lowest BCUT2D eigenvalue weighted by atomic mass is 10.1. The highest BCUT2D eigenvalue weighted by Gasteiger charge is 2.24. The first-order valence-electron chi connectivity index (χ1n) is 6.09. The number of nitrogens with one attached hydrogen (secondary N) is 1. The van der Waals surface area contributed by atoms with E-state index in [1.807, 2.05) is 0 Å². The molecule has 1 N–H and O–H groups in total. The topological polar surface area (TPSA) is 55.4 Å². The van der Waals surface area contributed by atoms with Crippen LogP contribution in [0.3, 0.4) is 0 Å². The van der Waals surface area contributed by atoms with Crippen molar-refractivity contribution in [2.75, 3.05) is 0 Å². The fourth-order valence-corrected chi connectivity index (χ4v) is 1.57. The molecule has 1 aromatic rings. The Labute approximate surface area is 122 Å². The Hall–Kier alpha value is -1.62. The number of ether oxygens (including phenoxy) is 1. The molecule has 1 aromatic carbocycles. The van der Waals surface area contributed by atoms with E-state index in [1.54, 1.807) is 20.8 Å². The van der Waals surface area contributed by atoms with Crippen LogP contribution in [0.4, 0.5) is 4.39 Å². The molecule has 0 aliphatic heterocycles. The van der Waals surface area contributed by atoms with Crippen LogP contribution in [-0.2, 0) is 9.53 Å². The minimum Gasteiger partial charge on any atom is -0.458 e. The van der Waals surface area contributed by atoms with Crippen molar-refractivity contribution < 1.29 is 18.7 Å². The molecule has 110 valence electrons. The molecule has 0 saturated heterocycles. The van der Waals surface area contributed by atoms with Crippen LogP contribution in [0, 0.1) is 5.82 Å². The normalized spacial score (nSPS) is 12.7. The zero-order valence-electron chi connectivity index (χ0n) is 11.8. The molecule has 20 heavy (non-hydrogen) atoms. The summed E-state index contributed by atoms with van der Waals surface area (Å²) in [6.45, 7) is 6.62. The van der Waals surface area contributed by atoms with E-state index in [4.69, 9.17) is 16.3 Å². The van der Waals surface area contributed by atoms with Gasteiger partial charge in [0.1, 0.15) is 17.5 Å². The predicted molar refractivity (Wildman–Crippen MR) is 74.2 cm³/mol. The molecule has 4 nitrogen and oxygen atoms in total. The number of rotatable bonds is 3. The molecular formula is C14H17ClFNO3. The Bertz CT molecular complexity index is 526. The molecule has 0 radical (unpaired) electrons. The quantitative estimate of drug-likeness (QED) is 0.873. The summed E-state index contributed by atoms with van der Waals surface area (Å²) in [6, 6.07) is 2.74. The van der Waals surface area contributed by atoms with E-state index in [0.29, 0.717) is 0 Å². The monoisotopic (exact) mass is 301 g/mol. The van der Waals surface area contributed by atoms with Gasteiger partial charge in [0, 0.05) is 5.02 Å². The number of carbonyl (C=O) groups excluding carboxylic acids is 2. The molecule has 0 aliphatic carbocycles. The minimum absolute atomic E-state index is 0.215. The van der Waals surface area contributed by atoms with Gasteiger partial charge in [0.05, 0.1) is 5.56 Å². The van der Waals surface area contributed by atoms with Crippen LogP contribution >= 0.6 is 11.6 Å². The maximum absolute atomic E-state index is 13.5. The lowest BCUT2D eigenvalue weighted by Gasteiger charge is -2.22. The number of benzene rings is 1. The number of halogens is 2. The first-order valence-corrected chi connectivity index (χ1v) is 6.47. The fraction of sp³-hybridized carbons (Fsp3) is 0.429. The van der Waals surface area contributed by atoms with Crippen molar-refractivity contribution in [3.63, 3.8) is 0 Å². The van der Waals surface area contributed by atoms with Crippen molar-refractivity contribution in [1.29, 1.82) is 0 Å². The highest BCUT2D eigenvalue weighted by Crippen LogP contribution is 2.15. The van der Waals surface area contributed by atoms with Gasteiger partial charge in [-0.3, -0.25) is 4.79 Å². The second-order valence-corrected chi connectivity index (χ2v) is 5.79. The van der Waals surface area contributed by atoms with E-state index in [0.717, 1.165) is 6.07 Å². The molecule has 0 aromatic heterocycles. The Morgan fingerprint density at radius 2 is 1.95 bits per heavy atom. The van der Waals surface area contributed by atoms with Gasteiger partial charge in [-0.2, -0.15) is 0 Å². The molecule has 0 spiro atoms. The Kier molecular flexibility index (Phi) is 5.11. The maximum Gasteiger partial charge on any atom is 0.328 e. The van der Waals surface area contributed by atoms with E-state index < -0.39 is 29.3 Å². The fourth-order valence-electron chi connectivity index (χ4n) is 1.39. The first-order chi connectivity index (χ1) is 9.10. The van der Waals surface area contributed by atoms with Crippen LogP contribution in [0.5, 0.6) is 0 Å². The van der Waals surface area contributed by atoms with Gasteiger partial charge in [0.15, 0.2) is 0 Å². The van der Waals surface area contributed by atoms with Crippen molar-refractivity contribution in [3.05, 3.63) is 34.6 Å². The highest BCUT2D eigenvalue weighted by molar-refractivity contribution is 6.31. The van der Waals surface area contributed by atoms with Gasteiger partial charge < -0.3 is 10.1 Å². The van der Waals surface area contributed by atoms with E-state index in [1.165, 1.54) is 19.1 Å². The third kappa shape index (κ3) is 4.81. The van der Waals surface area contributed by atoms with Crippen LogP contribution in [0.15, 0.2) is 18.2 Å². The summed E-state index contributed by atoms with van der Waals surface area (Å²) >= 11 is 5.71. The largest absolute Gasteiger partial charge is 0.458 e. The Balaban J connectivity index is 2.75. The molecule has 0 heterocycles. The number of carbonyl (C=O) groups is 2. The minimum atomic E-state index is -0.889. The first kappa shape index (κ1) is 16.4. The molecule has 0 fully saturated rings. The molecule has 1 atom stereocenters. The van der Waals surface area contributed by atoms with Crippen molar-refractivity contribution >= 4 is 23.5 Å². The predicted octanol–water partition coefficient (Wildman–Crippen LogP) is 2.94. The van der Waals surface area contributed by atoms with Gasteiger partial charge in [-0.15, -0.1) is 0 Å². The van der Waals surface area contributed by atoms with Crippen molar-refractivity contribution in [2.24, 2.45) is 0 Å². The van der Waals surface area contributed by atoms with E-state index in [-0.39, 0.29) is 10.6 Å². The zero-order chi connectivity index (χ0) is 15.5. The zero-order valence-corrected chi connectivity index (χ0v) is 12.5. The van der Waals surface area contributed by atoms with E-state index >= 15 is 0 Å². The molecule has 0 unspecified atom stereocenters. The summed E-state index contributed by atoms with van der Waals surface area (Å²) in [6.07, 6.45) is 0. The summed E-state index contributed by atoms with van der Waals surface area (Å²) in [4.78, 5) is 23.6. The molecular weight excluding hydrogens is 285 g/mol. The molecule has 0 bridgehead atoms. The molecule has 0 saturated carbocycles. The second kappa shape index (κ2) is 6.22. The standard InChI is InChI=1S/C14H17ClFNO3/c1-8(13(19)20-14(2,3)4)17-12(18)10-7-9(15)5-6-11(10)16/h5-8H,1-4H3,(H,17,18)/t8-/m0/s1. The van der Waals surface area contributed by atoms with Crippen molar-refractivity contribution in [3.8, 4) is 0 Å². The van der Waals surface area contributed by atoms with Crippen molar-refractivity contribution in [1.82, 2.24) is 5.32 Å². The van der Waals surface area contributed by atoms with Gasteiger partial charge in [-0.1, -0.05) is 11.6 Å². The van der Waals surface area contributed by atoms with Gasteiger partial charge >= 0.3 is 5.97 Å². The van der Waals surface area contributed by atoms with Crippen LogP contribution in [0.2, 0.25) is 5.02 Å². The van der Waals surface area contributed by atoms with Crippen molar-refractivity contribution in [2.45, 2.75) is 39.3 Å². The maximum atomic E-state index is 13.5. The SMILES string of the molecule is C[C@H](NC(=O)c1cc(Cl)ccc1F)C(=O)OC(C)(C)C. The summed E-state index contributed by atoms with van der Waals surface area (Å²) in [5, 5.41) is 2.61. The average molecular weight is 302 g/mol.